The summed E-state index contributed by atoms with van der Waals surface area (Å²) in [5, 5.41) is 8.63. The minimum absolute atomic E-state index is 0.0679. The molecule has 0 bridgehead atoms. The molecule has 0 atom stereocenters. The van der Waals surface area contributed by atoms with E-state index < -0.39 is 16.6 Å². The van der Waals surface area contributed by atoms with Crippen molar-refractivity contribution in [2.75, 3.05) is 31.2 Å². The van der Waals surface area contributed by atoms with Crippen LogP contribution in [0.1, 0.15) is 22.3 Å². The summed E-state index contributed by atoms with van der Waals surface area (Å²) < 4.78 is 25.2. The van der Waals surface area contributed by atoms with Crippen LogP contribution in [0.25, 0.3) is 0 Å². The number of hydrogen-bond acceptors (Lipinski definition) is 3. The van der Waals surface area contributed by atoms with Gasteiger partial charge in [0.1, 0.15) is 5.82 Å². The molecule has 112 valence electrons. The van der Waals surface area contributed by atoms with E-state index in [-0.39, 0.29) is 30.1 Å². The standard InChI is InChI=1S/C15H16FNO3S/c16-14-11-13(5-4-12(14)3-1-2-8-18)15(19)17-6-9-21(20)10-7-17/h4-5,11,18H,2,6-10H2. The molecule has 0 saturated carbocycles. The fourth-order valence-corrected chi connectivity index (χ4v) is 3.04. The van der Waals surface area contributed by atoms with E-state index in [2.05, 4.69) is 11.8 Å². The molecule has 0 aromatic heterocycles. The molecular formula is C15H16FNO3S. The van der Waals surface area contributed by atoms with Gasteiger partial charge in [-0.3, -0.25) is 9.00 Å². The molecular weight excluding hydrogens is 293 g/mol. The second-order valence-electron chi connectivity index (χ2n) is 4.61. The molecule has 0 radical (unpaired) electrons. The fourth-order valence-electron chi connectivity index (χ4n) is 1.99. The van der Waals surface area contributed by atoms with Gasteiger partial charge in [-0.15, -0.1) is 0 Å². The van der Waals surface area contributed by atoms with Gasteiger partial charge in [-0.1, -0.05) is 11.8 Å². The van der Waals surface area contributed by atoms with E-state index in [0.29, 0.717) is 24.6 Å². The van der Waals surface area contributed by atoms with Gasteiger partial charge in [0.25, 0.3) is 5.91 Å². The van der Waals surface area contributed by atoms with Crippen molar-refractivity contribution in [2.45, 2.75) is 6.42 Å². The van der Waals surface area contributed by atoms with Crippen LogP contribution >= 0.6 is 0 Å². The lowest BCUT2D eigenvalue weighted by Crippen LogP contribution is -2.41. The van der Waals surface area contributed by atoms with E-state index in [0.717, 1.165) is 0 Å². The second kappa shape index (κ2) is 7.34. The zero-order chi connectivity index (χ0) is 15.2. The monoisotopic (exact) mass is 309 g/mol. The van der Waals surface area contributed by atoms with E-state index in [1.807, 2.05) is 0 Å². The highest BCUT2D eigenvalue weighted by molar-refractivity contribution is 7.85. The average molecular weight is 309 g/mol. The van der Waals surface area contributed by atoms with Gasteiger partial charge in [0, 0.05) is 47.4 Å². The molecule has 1 aliphatic rings. The van der Waals surface area contributed by atoms with E-state index in [1.165, 1.54) is 12.1 Å². The summed E-state index contributed by atoms with van der Waals surface area (Å²) in [5.41, 5.74) is 0.479. The van der Waals surface area contributed by atoms with Crippen molar-refractivity contribution in [1.29, 1.82) is 0 Å². The van der Waals surface area contributed by atoms with Gasteiger partial charge in [0.2, 0.25) is 0 Å². The Morgan fingerprint density at radius 3 is 2.71 bits per heavy atom. The topological polar surface area (TPSA) is 57.6 Å². The third-order valence-electron chi connectivity index (χ3n) is 3.14. The number of aliphatic hydroxyl groups excluding tert-OH is 1. The van der Waals surface area contributed by atoms with Crippen molar-refractivity contribution in [2.24, 2.45) is 0 Å². The molecule has 1 amide bonds. The van der Waals surface area contributed by atoms with Crippen molar-refractivity contribution in [3.63, 3.8) is 0 Å². The Labute approximate surface area is 125 Å². The number of halogens is 1. The van der Waals surface area contributed by atoms with Crippen molar-refractivity contribution in [3.05, 3.63) is 35.1 Å². The number of rotatable bonds is 2. The van der Waals surface area contributed by atoms with Crippen molar-refractivity contribution in [1.82, 2.24) is 4.90 Å². The van der Waals surface area contributed by atoms with Gasteiger partial charge in [-0.25, -0.2) is 4.39 Å². The molecule has 4 nitrogen and oxygen atoms in total. The van der Waals surface area contributed by atoms with E-state index in [1.54, 1.807) is 11.0 Å². The number of hydrogen-bond donors (Lipinski definition) is 1. The van der Waals surface area contributed by atoms with Gasteiger partial charge in [0.15, 0.2) is 0 Å². The van der Waals surface area contributed by atoms with Crippen LogP contribution in [-0.2, 0) is 10.8 Å². The largest absolute Gasteiger partial charge is 0.395 e. The van der Waals surface area contributed by atoms with Gasteiger partial charge >= 0.3 is 0 Å². The van der Waals surface area contributed by atoms with Gasteiger partial charge < -0.3 is 10.0 Å². The Morgan fingerprint density at radius 1 is 1.38 bits per heavy atom. The fraction of sp³-hybridized carbons (Fsp3) is 0.400. The predicted molar refractivity (Wildman–Crippen MR) is 78.8 cm³/mol. The van der Waals surface area contributed by atoms with Crippen LogP contribution in [0, 0.1) is 17.7 Å². The zero-order valence-corrected chi connectivity index (χ0v) is 12.3. The number of benzene rings is 1. The average Bonchev–Trinajstić information content (AvgIpc) is 2.49. The zero-order valence-electron chi connectivity index (χ0n) is 11.5. The highest BCUT2D eigenvalue weighted by atomic mass is 32.2. The van der Waals surface area contributed by atoms with Gasteiger partial charge in [0.05, 0.1) is 12.2 Å². The summed E-state index contributed by atoms with van der Waals surface area (Å²) in [4.78, 5) is 13.8. The third-order valence-corrected chi connectivity index (χ3v) is 4.42. The van der Waals surface area contributed by atoms with Crippen LogP contribution in [0.4, 0.5) is 4.39 Å². The number of carbonyl (C=O) groups is 1. The lowest BCUT2D eigenvalue weighted by atomic mass is 10.1. The van der Waals surface area contributed by atoms with Crippen molar-refractivity contribution in [3.8, 4) is 11.8 Å². The highest BCUT2D eigenvalue weighted by Gasteiger charge is 2.21. The Morgan fingerprint density at radius 2 is 2.10 bits per heavy atom. The maximum atomic E-state index is 13.9. The smallest absolute Gasteiger partial charge is 0.254 e. The SMILES string of the molecule is O=C(c1ccc(C#CCCO)c(F)c1)N1CCS(=O)CC1. The molecule has 6 heteroatoms. The molecule has 1 N–H and O–H groups in total. The molecule has 21 heavy (non-hydrogen) atoms. The molecule has 1 heterocycles. The van der Waals surface area contributed by atoms with Crippen LogP contribution < -0.4 is 0 Å². The maximum absolute atomic E-state index is 13.9. The molecule has 0 aliphatic carbocycles. The lowest BCUT2D eigenvalue weighted by Gasteiger charge is -2.26. The summed E-state index contributed by atoms with van der Waals surface area (Å²) >= 11 is 0. The van der Waals surface area contributed by atoms with E-state index >= 15 is 0 Å². The Bertz CT molecular complexity index is 611. The Balaban J connectivity index is 2.11. The molecule has 1 aromatic carbocycles. The summed E-state index contributed by atoms with van der Waals surface area (Å²) in [7, 11) is -0.853. The Hall–Kier alpha value is -1.71. The molecule has 1 fully saturated rings. The third kappa shape index (κ3) is 4.13. The van der Waals surface area contributed by atoms with E-state index in [4.69, 9.17) is 5.11 Å². The molecule has 2 rings (SSSR count). The molecule has 1 saturated heterocycles. The number of carbonyl (C=O) groups excluding carboxylic acids is 1. The predicted octanol–water partition coefficient (Wildman–Crippen LogP) is 0.764. The van der Waals surface area contributed by atoms with Crippen molar-refractivity contribution < 1.29 is 18.5 Å². The summed E-state index contributed by atoms with van der Waals surface area (Å²) in [6, 6.07) is 4.19. The first-order valence-electron chi connectivity index (χ1n) is 6.65. The number of amides is 1. The van der Waals surface area contributed by atoms with Crippen LogP contribution in [0.5, 0.6) is 0 Å². The normalized spacial score (nSPS) is 15.4. The first-order chi connectivity index (χ1) is 10.1. The summed E-state index contributed by atoms with van der Waals surface area (Å²) in [6.45, 7) is 0.803. The summed E-state index contributed by atoms with van der Waals surface area (Å²) in [6.07, 6.45) is 0.283. The summed E-state index contributed by atoms with van der Waals surface area (Å²) in [5.74, 6) is 5.40. The molecule has 1 aliphatic heterocycles. The van der Waals surface area contributed by atoms with Crippen LogP contribution in [0.3, 0.4) is 0 Å². The number of aliphatic hydroxyl groups is 1. The van der Waals surface area contributed by atoms with Crippen LogP contribution in [0.2, 0.25) is 0 Å². The van der Waals surface area contributed by atoms with Crippen molar-refractivity contribution >= 4 is 16.7 Å². The molecule has 0 unspecified atom stereocenters. The second-order valence-corrected chi connectivity index (χ2v) is 6.31. The van der Waals surface area contributed by atoms with Crippen LogP contribution in [0.15, 0.2) is 18.2 Å². The first-order valence-corrected chi connectivity index (χ1v) is 8.14. The minimum atomic E-state index is -0.853. The van der Waals surface area contributed by atoms with Gasteiger partial charge in [-0.05, 0) is 18.2 Å². The maximum Gasteiger partial charge on any atom is 0.254 e. The quantitative estimate of drug-likeness (QED) is 0.821. The first kappa shape index (κ1) is 15.7. The molecule has 1 aromatic rings. The van der Waals surface area contributed by atoms with E-state index in [9.17, 15) is 13.4 Å². The lowest BCUT2D eigenvalue weighted by molar-refractivity contribution is 0.0771. The minimum Gasteiger partial charge on any atom is -0.395 e. The highest BCUT2D eigenvalue weighted by Crippen LogP contribution is 2.13. The molecule has 0 spiro atoms. The Kier molecular flexibility index (Phi) is 5.48. The number of nitrogens with zero attached hydrogens (tertiary/aromatic N) is 1. The van der Waals surface area contributed by atoms with Gasteiger partial charge in [-0.2, -0.15) is 0 Å². The van der Waals surface area contributed by atoms with Crippen LogP contribution in [-0.4, -0.2) is 51.3 Å².